The van der Waals surface area contributed by atoms with Crippen LogP contribution in [0.5, 0.6) is 0 Å². The fourth-order valence-corrected chi connectivity index (χ4v) is 4.80. The molecule has 0 unspecified atom stereocenters. The van der Waals surface area contributed by atoms with Gasteiger partial charge in [0, 0.05) is 34.8 Å². The van der Waals surface area contributed by atoms with E-state index in [0.717, 1.165) is 21.4 Å². The number of carbonyl (C=O) groups is 2. The van der Waals surface area contributed by atoms with Crippen molar-refractivity contribution in [1.82, 2.24) is 14.8 Å². The largest absolute Gasteiger partial charge is 0.342 e. The number of hydrogen-bond acceptors (Lipinski definition) is 2. The van der Waals surface area contributed by atoms with Crippen molar-refractivity contribution < 1.29 is 14.0 Å². The first-order chi connectivity index (χ1) is 17.6. The predicted octanol–water partition coefficient (Wildman–Crippen LogP) is 6.07. The highest BCUT2D eigenvalue weighted by Crippen LogP contribution is 2.27. The van der Waals surface area contributed by atoms with Crippen LogP contribution in [0.25, 0.3) is 27.8 Å². The number of para-hydroxylation sites is 1. The fourth-order valence-electron chi connectivity index (χ4n) is 4.80. The fraction of sp³-hybridized carbons (Fsp3) is 0.0667. The van der Waals surface area contributed by atoms with Gasteiger partial charge in [0.25, 0.3) is 5.91 Å². The van der Waals surface area contributed by atoms with Gasteiger partial charge in [0.15, 0.2) is 0 Å². The summed E-state index contributed by atoms with van der Waals surface area (Å²) in [5, 5.41) is 6.01. The number of urea groups is 1. The number of imide groups is 1. The molecule has 1 saturated heterocycles. The first kappa shape index (κ1) is 21.8. The van der Waals surface area contributed by atoms with E-state index in [4.69, 9.17) is 0 Å². The maximum atomic E-state index is 14.1. The molecule has 6 rings (SSSR count). The Hall–Kier alpha value is -4.71. The van der Waals surface area contributed by atoms with Crippen molar-refractivity contribution in [3.05, 3.63) is 125 Å². The molecule has 0 atom stereocenters. The minimum atomic E-state index is -0.561. The summed E-state index contributed by atoms with van der Waals surface area (Å²) in [5.41, 5.74) is 3.49. The lowest BCUT2D eigenvalue weighted by atomic mass is 10.0. The summed E-state index contributed by atoms with van der Waals surface area (Å²) in [6, 6.07) is 28.1. The van der Waals surface area contributed by atoms with Crippen molar-refractivity contribution in [3.63, 3.8) is 0 Å². The molecule has 4 aromatic carbocycles. The summed E-state index contributed by atoms with van der Waals surface area (Å²) in [7, 11) is 0. The predicted molar refractivity (Wildman–Crippen MR) is 138 cm³/mol. The van der Waals surface area contributed by atoms with E-state index in [1.54, 1.807) is 24.3 Å². The van der Waals surface area contributed by atoms with E-state index in [2.05, 4.69) is 40.2 Å². The molecule has 36 heavy (non-hydrogen) atoms. The van der Waals surface area contributed by atoms with Crippen LogP contribution in [0.2, 0.25) is 0 Å². The van der Waals surface area contributed by atoms with Gasteiger partial charge in [-0.1, -0.05) is 78.9 Å². The SMILES string of the molecule is O=C1N/C(=C/c2cn(Cc3cccc4ccccc34)c3ccccc23)C(=O)N1Cc1ccccc1F. The maximum Gasteiger partial charge on any atom is 0.329 e. The number of rotatable bonds is 5. The van der Waals surface area contributed by atoms with Gasteiger partial charge in [-0.2, -0.15) is 0 Å². The molecule has 3 amide bonds. The smallest absolute Gasteiger partial charge is 0.329 e. The summed E-state index contributed by atoms with van der Waals surface area (Å²) >= 11 is 0. The highest BCUT2D eigenvalue weighted by atomic mass is 19.1. The van der Waals surface area contributed by atoms with Crippen molar-refractivity contribution in [2.75, 3.05) is 0 Å². The zero-order chi connectivity index (χ0) is 24.6. The van der Waals surface area contributed by atoms with E-state index in [9.17, 15) is 14.0 Å². The van der Waals surface area contributed by atoms with Gasteiger partial charge in [-0.25, -0.2) is 9.18 Å². The Morgan fingerprint density at radius 1 is 0.750 bits per heavy atom. The molecule has 1 aliphatic heterocycles. The third-order valence-corrected chi connectivity index (χ3v) is 6.59. The zero-order valence-corrected chi connectivity index (χ0v) is 19.3. The second kappa shape index (κ2) is 8.82. The molecule has 1 N–H and O–H groups in total. The summed E-state index contributed by atoms with van der Waals surface area (Å²) < 4.78 is 16.3. The Balaban J connectivity index is 1.35. The molecular formula is C30H22FN3O2. The highest BCUT2D eigenvalue weighted by Gasteiger charge is 2.34. The van der Waals surface area contributed by atoms with Crippen molar-refractivity contribution >= 4 is 39.7 Å². The molecule has 0 spiro atoms. The number of nitrogens with one attached hydrogen (secondary N) is 1. The average Bonchev–Trinajstić information content (AvgIpc) is 3.37. The Morgan fingerprint density at radius 3 is 2.31 bits per heavy atom. The number of halogens is 1. The van der Waals surface area contributed by atoms with E-state index in [-0.39, 0.29) is 17.8 Å². The van der Waals surface area contributed by atoms with Crippen LogP contribution >= 0.6 is 0 Å². The van der Waals surface area contributed by atoms with Gasteiger partial charge >= 0.3 is 6.03 Å². The molecule has 6 heteroatoms. The Labute approximate surface area is 207 Å². The van der Waals surface area contributed by atoms with Crippen LogP contribution in [0, 0.1) is 5.82 Å². The van der Waals surface area contributed by atoms with Gasteiger partial charge in [-0.05, 0) is 34.5 Å². The first-order valence-corrected chi connectivity index (χ1v) is 11.7. The van der Waals surface area contributed by atoms with E-state index >= 15 is 0 Å². The topological polar surface area (TPSA) is 54.3 Å². The molecule has 1 aliphatic rings. The van der Waals surface area contributed by atoms with E-state index < -0.39 is 17.8 Å². The zero-order valence-electron chi connectivity index (χ0n) is 19.3. The third kappa shape index (κ3) is 3.82. The number of hydrogen-bond donors (Lipinski definition) is 1. The Kier molecular flexibility index (Phi) is 5.34. The van der Waals surface area contributed by atoms with Crippen molar-refractivity contribution in [2.45, 2.75) is 13.1 Å². The van der Waals surface area contributed by atoms with Crippen LogP contribution in [0.4, 0.5) is 9.18 Å². The lowest BCUT2D eigenvalue weighted by Crippen LogP contribution is -2.30. The minimum absolute atomic E-state index is 0.127. The van der Waals surface area contributed by atoms with Crippen LogP contribution < -0.4 is 5.32 Å². The molecule has 0 aliphatic carbocycles. The monoisotopic (exact) mass is 475 g/mol. The van der Waals surface area contributed by atoms with Crippen LogP contribution in [-0.2, 0) is 17.9 Å². The van der Waals surface area contributed by atoms with E-state index in [1.807, 2.05) is 42.6 Å². The van der Waals surface area contributed by atoms with Gasteiger partial charge in [0.1, 0.15) is 11.5 Å². The number of carbonyl (C=O) groups excluding carboxylic acids is 2. The molecular weight excluding hydrogens is 453 g/mol. The molecule has 1 aromatic heterocycles. The number of benzene rings is 4. The molecule has 1 fully saturated rings. The summed E-state index contributed by atoms with van der Waals surface area (Å²) in [5.74, 6) is -0.929. The second-order valence-electron chi connectivity index (χ2n) is 8.84. The Morgan fingerprint density at radius 2 is 1.44 bits per heavy atom. The summed E-state index contributed by atoms with van der Waals surface area (Å²) in [6.07, 6.45) is 3.70. The minimum Gasteiger partial charge on any atom is -0.342 e. The third-order valence-electron chi connectivity index (χ3n) is 6.59. The highest BCUT2D eigenvalue weighted by molar-refractivity contribution is 6.14. The molecule has 2 heterocycles. The molecule has 0 saturated carbocycles. The number of amides is 3. The molecule has 0 radical (unpaired) electrons. The van der Waals surface area contributed by atoms with Gasteiger partial charge in [-0.3, -0.25) is 9.69 Å². The van der Waals surface area contributed by atoms with Crippen molar-refractivity contribution in [1.29, 1.82) is 0 Å². The van der Waals surface area contributed by atoms with Crippen LogP contribution in [0.1, 0.15) is 16.7 Å². The van der Waals surface area contributed by atoms with Crippen molar-refractivity contribution in [2.24, 2.45) is 0 Å². The van der Waals surface area contributed by atoms with Gasteiger partial charge in [0.05, 0.1) is 6.54 Å². The van der Waals surface area contributed by atoms with Crippen LogP contribution in [0.15, 0.2) is 103 Å². The van der Waals surface area contributed by atoms with Gasteiger partial charge in [0.2, 0.25) is 0 Å². The molecule has 176 valence electrons. The Bertz CT molecular complexity index is 1680. The summed E-state index contributed by atoms with van der Waals surface area (Å²) in [6.45, 7) is 0.530. The second-order valence-corrected chi connectivity index (χ2v) is 8.84. The molecule has 5 aromatic rings. The standard InChI is InChI=1S/C30H22FN3O2/c31-26-14-5-2-9-22(26)19-34-29(35)27(32-30(34)36)16-23-18-33(28-15-6-4-13-25(23)28)17-21-11-7-10-20-8-1-3-12-24(20)21/h1-16,18H,17,19H2,(H,32,36)/b27-16+. The lowest BCUT2D eigenvalue weighted by Gasteiger charge is -2.12. The van der Waals surface area contributed by atoms with Gasteiger partial charge in [-0.15, -0.1) is 0 Å². The van der Waals surface area contributed by atoms with Crippen LogP contribution in [-0.4, -0.2) is 21.4 Å². The van der Waals surface area contributed by atoms with Gasteiger partial charge < -0.3 is 9.88 Å². The molecule has 0 bridgehead atoms. The molecule has 5 nitrogen and oxygen atoms in total. The normalized spacial score (nSPS) is 14.8. The first-order valence-electron chi connectivity index (χ1n) is 11.7. The quantitative estimate of drug-likeness (QED) is 0.248. The van der Waals surface area contributed by atoms with E-state index in [1.165, 1.54) is 22.4 Å². The number of aromatic nitrogens is 1. The average molecular weight is 476 g/mol. The number of nitrogens with zero attached hydrogens (tertiary/aromatic N) is 2. The maximum absolute atomic E-state index is 14.1. The van der Waals surface area contributed by atoms with Crippen molar-refractivity contribution in [3.8, 4) is 0 Å². The van der Waals surface area contributed by atoms with E-state index in [0.29, 0.717) is 6.54 Å². The number of fused-ring (bicyclic) bond motifs is 2. The lowest BCUT2D eigenvalue weighted by molar-refractivity contribution is -0.123. The van der Waals surface area contributed by atoms with Crippen LogP contribution in [0.3, 0.4) is 0 Å². The summed E-state index contributed by atoms with van der Waals surface area (Å²) in [4.78, 5) is 26.6.